The fourth-order valence-electron chi connectivity index (χ4n) is 4.76. The van der Waals surface area contributed by atoms with E-state index in [9.17, 15) is 4.79 Å². The molecule has 3 aromatic rings. The van der Waals surface area contributed by atoms with Gasteiger partial charge in [-0.05, 0) is 43.2 Å². The van der Waals surface area contributed by atoms with Gasteiger partial charge in [0.2, 0.25) is 5.91 Å². The van der Waals surface area contributed by atoms with E-state index in [0.717, 1.165) is 54.0 Å². The monoisotopic (exact) mass is 382 g/mol. The van der Waals surface area contributed by atoms with E-state index < -0.39 is 0 Å². The van der Waals surface area contributed by atoms with Crippen LogP contribution in [0.1, 0.15) is 31.4 Å². The molecule has 4 heterocycles. The van der Waals surface area contributed by atoms with E-state index in [-0.39, 0.29) is 11.4 Å². The molecule has 1 aliphatic carbocycles. The van der Waals surface area contributed by atoms with Gasteiger partial charge in [0.25, 0.3) is 0 Å². The van der Waals surface area contributed by atoms with Crippen LogP contribution in [0.15, 0.2) is 30.0 Å². The predicted octanol–water partition coefficient (Wildman–Crippen LogP) is 2.29. The van der Waals surface area contributed by atoms with Crippen LogP contribution in [0.2, 0.25) is 0 Å². The molecule has 0 bridgehead atoms. The minimum Gasteiger partial charge on any atom is -0.350 e. The lowest BCUT2D eigenvalue weighted by Crippen LogP contribution is -2.54. The second-order valence-electron chi connectivity index (χ2n) is 7.55. The van der Waals surface area contributed by atoms with Gasteiger partial charge in [-0.25, -0.2) is 9.97 Å². The second-order valence-corrected chi connectivity index (χ2v) is 8.46. The zero-order valence-electron chi connectivity index (χ0n) is 15.3. The molecule has 2 aliphatic rings. The maximum absolute atomic E-state index is 12.7. The molecular formula is C19H22N6OS. The Bertz CT molecular complexity index is 997. The van der Waals surface area contributed by atoms with Gasteiger partial charge in [-0.2, -0.15) is 5.10 Å². The summed E-state index contributed by atoms with van der Waals surface area (Å²) in [6.45, 7) is 0.915. The van der Waals surface area contributed by atoms with Crippen LogP contribution in [0.25, 0.3) is 10.2 Å². The van der Waals surface area contributed by atoms with Gasteiger partial charge < -0.3 is 10.2 Å². The summed E-state index contributed by atoms with van der Waals surface area (Å²) in [6.07, 6.45) is 8.06. The van der Waals surface area contributed by atoms with E-state index in [1.165, 1.54) is 0 Å². The number of carbonyl (C=O) groups is 1. The van der Waals surface area contributed by atoms with E-state index in [2.05, 4.69) is 30.7 Å². The summed E-state index contributed by atoms with van der Waals surface area (Å²) in [6, 6.07) is 4.24. The first-order valence-corrected chi connectivity index (χ1v) is 10.3. The van der Waals surface area contributed by atoms with Crippen LogP contribution in [0, 0.1) is 0 Å². The lowest BCUT2D eigenvalue weighted by atomic mass is 9.92. The standard InChI is InChI=1S/C19H22N6OS/c1-24-8-4-13(23-24)11-16(26)22-19-6-2-3-15(19)25(9-7-19)18-17-14(5-10-27-17)20-12-21-18/h4-5,8,10,12,15H,2-3,6-7,9,11H2,1H3,(H,22,26). The zero-order valence-corrected chi connectivity index (χ0v) is 16.1. The van der Waals surface area contributed by atoms with Crippen LogP contribution in [-0.2, 0) is 18.3 Å². The molecule has 2 unspecified atom stereocenters. The van der Waals surface area contributed by atoms with Crippen molar-refractivity contribution in [1.29, 1.82) is 0 Å². The average molecular weight is 382 g/mol. The third-order valence-corrected chi connectivity index (χ3v) is 6.81. The molecule has 1 aliphatic heterocycles. The van der Waals surface area contributed by atoms with Crippen molar-refractivity contribution < 1.29 is 4.79 Å². The van der Waals surface area contributed by atoms with E-state index >= 15 is 0 Å². The Balaban J connectivity index is 1.39. The molecule has 1 N–H and O–H groups in total. The highest BCUT2D eigenvalue weighted by molar-refractivity contribution is 7.17. The van der Waals surface area contributed by atoms with Crippen molar-refractivity contribution >= 4 is 33.3 Å². The number of hydrogen-bond donors (Lipinski definition) is 1. The Morgan fingerprint density at radius 2 is 2.30 bits per heavy atom. The minimum absolute atomic E-state index is 0.0615. The fraction of sp³-hybridized carbons (Fsp3) is 0.474. The number of aryl methyl sites for hydroxylation is 1. The Hall–Kier alpha value is -2.48. The van der Waals surface area contributed by atoms with Gasteiger partial charge >= 0.3 is 0 Å². The van der Waals surface area contributed by atoms with Crippen LogP contribution < -0.4 is 10.2 Å². The van der Waals surface area contributed by atoms with Gasteiger partial charge in [0, 0.05) is 19.8 Å². The number of nitrogens with one attached hydrogen (secondary N) is 1. The SMILES string of the molecule is Cn1ccc(CC(=O)NC23CCCC2N(c2ncnc4ccsc24)CC3)n1. The molecule has 2 fully saturated rings. The number of hydrogen-bond acceptors (Lipinski definition) is 6. The molecule has 1 saturated heterocycles. The molecule has 0 aromatic carbocycles. The highest BCUT2D eigenvalue weighted by Gasteiger charge is 2.51. The summed E-state index contributed by atoms with van der Waals surface area (Å²) in [5.41, 5.74) is 1.66. The smallest absolute Gasteiger partial charge is 0.226 e. The Kier molecular flexibility index (Phi) is 3.89. The highest BCUT2D eigenvalue weighted by atomic mass is 32.1. The molecule has 2 atom stereocenters. The zero-order chi connectivity index (χ0) is 18.4. The van der Waals surface area contributed by atoms with Crippen LogP contribution in [0.5, 0.6) is 0 Å². The van der Waals surface area contributed by atoms with Gasteiger partial charge in [-0.15, -0.1) is 11.3 Å². The molecule has 27 heavy (non-hydrogen) atoms. The summed E-state index contributed by atoms with van der Waals surface area (Å²) in [4.78, 5) is 24.1. The first-order chi connectivity index (χ1) is 13.1. The Morgan fingerprint density at radius 1 is 1.37 bits per heavy atom. The van der Waals surface area contributed by atoms with E-state index in [1.54, 1.807) is 22.3 Å². The van der Waals surface area contributed by atoms with Crippen molar-refractivity contribution in [3.63, 3.8) is 0 Å². The maximum Gasteiger partial charge on any atom is 0.226 e. The lowest BCUT2D eigenvalue weighted by molar-refractivity contribution is -0.122. The molecule has 8 heteroatoms. The van der Waals surface area contributed by atoms with Gasteiger partial charge in [0.05, 0.1) is 33.9 Å². The van der Waals surface area contributed by atoms with Gasteiger partial charge in [0.15, 0.2) is 0 Å². The van der Waals surface area contributed by atoms with Crippen LogP contribution in [0.3, 0.4) is 0 Å². The highest BCUT2D eigenvalue weighted by Crippen LogP contribution is 2.45. The normalized spacial score (nSPS) is 24.5. The van der Waals surface area contributed by atoms with Crippen LogP contribution in [0.4, 0.5) is 5.82 Å². The third-order valence-electron chi connectivity index (χ3n) is 5.91. The molecule has 7 nitrogen and oxygen atoms in total. The number of aromatic nitrogens is 4. The molecular weight excluding hydrogens is 360 g/mol. The summed E-state index contributed by atoms with van der Waals surface area (Å²) >= 11 is 1.69. The molecule has 5 rings (SSSR count). The fourth-order valence-corrected chi connectivity index (χ4v) is 5.61. The number of thiophene rings is 1. The number of anilines is 1. The summed E-state index contributed by atoms with van der Waals surface area (Å²) < 4.78 is 2.87. The van der Waals surface area contributed by atoms with Gasteiger partial charge in [-0.3, -0.25) is 9.48 Å². The van der Waals surface area contributed by atoms with E-state index in [1.807, 2.05) is 25.4 Å². The number of amides is 1. The van der Waals surface area contributed by atoms with E-state index in [4.69, 9.17) is 0 Å². The van der Waals surface area contributed by atoms with Gasteiger partial charge in [-0.1, -0.05) is 0 Å². The number of rotatable bonds is 4. The van der Waals surface area contributed by atoms with Crippen molar-refractivity contribution in [2.24, 2.45) is 7.05 Å². The summed E-state index contributed by atoms with van der Waals surface area (Å²) in [5, 5.41) is 9.78. The molecule has 0 spiro atoms. The first-order valence-electron chi connectivity index (χ1n) is 9.39. The van der Waals surface area contributed by atoms with Crippen molar-refractivity contribution in [2.75, 3.05) is 11.4 Å². The predicted molar refractivity (Wildman–Crippen MR) is 105 cm³/mol. The van der Waals surface area contributed by atoms with Crippen molar-refractivity contribution in [3.8, 4) is 0 Å². The van der Waals surface area contributed by atoms with Crippen molar-refractivity contribution in [3.05, 3.63) is 35.7 Å². The molecule has 1 amide bonds. The largest absolute Gasteiger partial charge is 0.350 e. The quantitative estimate of drug-likeness (QED) is 0.749. The Labute approximate surface area is 161 Å². The minimum atomic E-state index is -0.152. The lowest BCUT2D eigenvalue weighted by Gasteiger charge is -2.33. The summed E-state index contributed by atoms with van der Waals surface area (Å²) in [7, 11) is 1.87. The molecule has 3 aromatic heterocycles. The van der Waals surface area contributed by atoms with Gasteiger partial charge in [0.1, 0.15) is 12.1 Å². The molecule has 140 valence electrons. The number of carbonyl (C=O) groups excluding carboxylic acids is 1. The van der Waals surface area contributed by atoms with Crippen LogP contribution in [-0.4, -0.2) is 43.8 Å². The Morgan fingerprint density at radius 3 is 3.15 bits per heavy atom. The molecule has 1 saturated carbocycles. The van der Waals surface area contributed by atoms with Crippen LogP contribution >= 0.6 is 11.3 Å². The second kappa shape index (κ2) is 6.30. The number of nitrogens with zero attached hydrogens (tertiary/aromatic N) is 5. The van der Waals surface area contributed by atoms with E-state index in [0.29, 0.717) is 12.5 Å². The summed E-state index contributed by atoms with van der Waals surface area (Å²) in [5.74, 6) is 1.08. The average Bonchev–Trinajstić information content (AvgIpc) is 3.38. The maximum atomic E-state index is 12.7. The topological polar surface area (TPSA) is 75.9 Å². The molecule has 0 radical (unpaired) electrons. The third kappa shape index (κ3) is 2.79. The number of fused-ring (bicyclic) bond motifs is 2. The van der Waals surface area contributed by atoms with Crippen molar-refractivity contribution in [1.82, 2.24) is 25.1 Å². The van der Waals surface area contributed by atoms with Crippen molar-refractivity contribution in [2.45, 2.75) is 43.7 Å². The first kappa shape index (κ1) is 16.7.